The number of carbonyl (C=O) groups excluding carboxylic acids is 3. The molecule has 2 N–H and O–H groups in total. The molecule has 2 saturated carbocycles. The average molecular weight is 503 g/mol. The van der Waals surface area contributed by atoms with Gasteiger partial charge in [0, 0.05) is 45.0 Å². The molecular formula is C24H24ClFN4O5. The molecule has 5 rings (SSSR count). The molecule has 0 saturated heterocycles. The molecule has 0 radical (unpaired) electrons. The first kappa shape index (κ1) is 23.3. The second kappa shape index (κ2) is 8.08. The maximum atomic E-state index is 14.2. The first-order chi connectivity index (χ1) is 16.6. The lowest BCUT2D eigenvalue weighted by atomic mass is 10.0. The summed E-state index contributed by atoms with van der Waals surface area (Å²) in [4.78, 5) is 55.0. The summed E-state index contributed by atoms with van der Waals surface area (Å²) in [6.07, 6.45) is 3.29. The zero-order valence-corrected chi connectivity index (χ0v) is 19.9. The van der Waals surface area contributed by atoms with E-state index in [0.717, 1.165) is 12.8 Å². The highest BCUT2D eigenvalue weighted by Crippen LogP contribution is 2.55. The van der Waals surface area contributed by atoms with Crippen molar-refractivity contribution in [3.63, 3.8) is 0 Å². The van der Waals surface area contributed by atoms with Gasteiger partial charge in [-0.1, -0.05) is 23.7 Å². The summed E-state index contributed by atoms with van der Waals surface area (Å²) in [6, 6.07) is 4.36. The third-order valence-corrected chi connectivity index (χ3v) is 7.35. The Hall–Kier alpha value is -3.40. The standard InChI is InChI=1S/C24H24ClFN4O5/c1-28(2)22(34)15-8-24(15)11-29(13-6-7-13)23(35)18-20(32)19(31)14(10-30(18)24)21(33)27-9-12-4-3-5-16(25)17(12)26/h3-5,10,13,15,32H,6-9,11H2,1-2H3,(H,27,33)/t15-,24-/m1/s1. The van der Waals surface area contributed by atoms with Gasteiger partial charge < -0.3 is 24.8 Å². The van der Waals surface area contributed by atoms with Crippen LogP contribution in [0.1, 0.15) is 45.7 Å². The van der Waals surface area contributed by atoms with Gasteiger partial charge in [0.25, 0.3) is 11.8 Å². The number of nitrogens with one attached hydrogen (secondary N) is 1. The summed E-state index contributed by atoms with van der Waals surface area (Å²) in [5.41, 5.74) is -2.34. The van der Waals surface area contributed by atoms with E-state index >= 15 is 0 Å². The number of aromatic nitrogens is 1. The first-order valence-corrected chi connectivity index (χ1v) is 11.7. The molecule has 2 aliphatic carbocycles. The topological polar surface area (TPSA) is 112 Å². The summed E-state index contributed by atoms with van der Waals surface area (Å²) in [5, 5.41) is 13.2. The normalized spacial score (nSPS) is 22.7. The van der Waals surface area contributed by atoms with E-state index in [9.17, 15) is 28.7 Å². The Morgan fingerprint density at radius 1 is 1.29 bits per heavy atom. The van der Waals surface area contributed by atoms with Crippen LogP contribution in [0.4, 0.5) is 4.39 Å². The number of nitrogens with zero attached hydrogens (tertiary/aromatic N) is 3. The van der Waals surface area contributed by atoms with Crippen molar-refractivity contribution in [2.45, 2.75) is 37.4 Å². The molecule has 3 aliphatic rings. The van der Waals surface area contributed by atoms with Crippen LogP contribution < -0.4 is 10.7 Å². The molecule has 2 heterocycles. The van der Waals surface area contributed by atoms with Crippen LogP contribution in [0.3, 0.4) is 0 Å². The fourth-order valence-corrected chi connectivity index (χ4v) is 5.09. The lowest BCUT2D eigenvalue weighted by Crippen LogP contribution is -2.51. The van der Waals surface area contributed by atoms with E-state index in [1.165, 1.54) is 33.9 Å². The Kier molecular flexibility index (Phi) is 5.39. The minimum atomic E-state index is -1.00. The molecular weight excluding hydrogens is 479 g/mol. The number of aromatic hydroxyl groups is 1. The van der Waals surface area contributed by atoms with E-state index in [0.29, 0.717) is 6.42 Å². The van der Waals surface area contributed by atoms with Gasteiger partial charge in [0.05, 0.1) is 16.5 Å². The molecule has 1 aliphatic heterocycles. The van der Waals surface area contributed by atoms with Crippen molar-refractivity contribution >= 4 is 29.3 Å². The number of fused-ring (bicyclic) bond motifs is 2. The molecule has 11 heteroatoms. The Morgan fingerprint density at radius 2 is 2.00 bits per heavy atom. The summed E-state index contributed by atoms with van der Waals surface area (Å²) < 4.78 is 15.6. The minimum Gasteiger partial charge on any atom is -0.503 e. The lowest BCUT2D eigenvalue weighted by Gasteiger charge is -2.38. The Labute approximate surface area is 205 Å². The number of benzene rings is 1. The van der Waals surface area contributed by atoms with Crippen LogP contribution in [0.25, 0.3) is 0 Å². The maximum absolute atomic E-state index is 14.2. The van der Waals surface area contributed by atoms with E-state index in [-0.39, 0.29) is 41.3 Å². The van der Waals surface area contributed by atoms with Crippen LogP contribution in [0.5, 0.6) is 5.75 Å². The van der Waals surface area contributed by atoms with Gasteiger partial charge in [-0.15, -0.1) is 0 Å². The predicted octanol–water partition coefficient (Wildman–Crippen LogP) is 1.70. The van der Waals surface area contributed by atoms with E-state index in [1.807, 2.05) is 0 Å². The molecule has 3 amide bonds. The van der Waals surface area contributed by atoms with Crippen molar-refractivity contribution < 1.29 is 23.9 Å². The molecule has 2 aromatic rings. The van der Waals surface area contributed by atoms with Crippen molar-refractivity contribution in [1.82, 2.24) is 19.7 Å². The molecule has 2 atom stereocenters. The van der Waals surface area contributed by atoms with Crippen molar-refractivity contribution in [1.29, 1.82) is 0 Å². The molecule has 1 spiro atoms. The molecule has 1 aromatic heterocycles. The summed E-state index contributed by atoms with van der Waals surface area (Å²) >= 11 is 5.78. The number of rotatable bonds is 5. The zero-order valence-electron chi connectivity index (χ0n) is 19.2. The highest BCUT2D eigenvalue weighted by molar-refractivity contribution is 6.30. The van der Waals surface area contributed by atoms with Gasteiger partial charge in [-0.3, -0.25) is 19.2 Å². The number of hydrogen-bond donors (Lipinski definition) is 2. The van der Waals surface area contributed by atoms with E-state index in [2.05, 4.69) is 5.32 Å². The van der Waals surface area contributed by atoms with Crippen molar-refractivity contribution in [3.05, 3.63) is 62.3 Å². The third-order valence-electron chi connectivity index (χ3n) is 7.06. The van der Waals surface area contributed by atoms with Crippen LogP contribution in [-0.2, 0) is 16.9 Å². The van der Waals surface area contributed by atoms with E-state index in [1.54, 1.807) is 19.0 Å². The lowest BCUT2D eigenvalue weighted by molar-refractivity contribution is -0.131. The van der Waals surface area contributed by atoms with Gasteiger partial charge in [0.2, 0.25) is 11.3 Å². The molecule has 9 nitrogen and oxygen atoms in total. The van der Waals surface area contributed by atoms with Gasteiger partial charge in [-0.05, 0) is 25.3 Å². The highest BCUT2D eigenvalue weighted by Gasteiger charge is 2.65. The first-order valence-electron chi connectivity index (χ1n) is 11.3. The number of halogens is 2. The van der Waals surface area contributed by atoms with Gasteiger partial charge in [0.15, 0.2) is 11.4 Å². The largest absolute Gasteiger partial charge is 0.503 e. The Morgan fingerprint density at radius 3 is 2.66 bits per heavy atom. The quantitative estimate of drug-likeness (QED) is 0.646. The monoisotopic (exact) mass is 502 g/mol. The van der Waals surface area contributed by atoms with Gasteiger partial charge in [-0.25, -0.2) is 4.39 Å². The predicted molar refractivity (Wildman–Crippen MR) is 124 cm³/mol. The molecule has 184 valence electrons. The molecule has 35 heavy (non-hydrogen) atoms. The summed E-state index contributed by atoms with van der Waals surface area (Å²) in [6.45, 7) is 0.0132. The fourth-order valence-electron chi connectivity index (χ4n) is 4.90. The average Bonchev–Trinajstić information content (AvgIpc) is 3.74. The maximum Gasteiger partial charge on any atom is 0.274 e. The zero-order chi connectivity index (χ0) is 25.2. The van der Waals surface area contributed by atoms with Crippen molar-refractivity contribution in [2.75, 3.05) is 20.6 Å². The summed E-state index contributed by atoms with van der Waals surface area (Å²) in [7, 11) is 3.28. The smallest absolute Gasteiger partial charge is 0.274 e. The van der Waals surface area contributed by atoms with Gasteiger partial charge in [-0.2, -0.15) is 0 Å². The van der Waals surface area contributed by atoms with Crippen LogP contribution >= 0.6 is 11.6 Å². The number of carbonyl (C=O) groups is 3. The molecule has 2 fully saturated rings. The Bertz CT molecular complexity index is 1340. The van der Waals surface area contributed by atoms with Crippen molar-refractivity contribution in [3.8, 4) is 5.75 Å². The minimum absolute atomic E-state index is 0.00824. The molecule has 0 unspecified atom stereocenters. The van der Waals surface area contributed by atoms with Gasteiger partial charge in [0.1, 0.15) is 11.4 Å². The Balaban J connectivity index is 1.53. The highest BCUT2D eigenvalue weighted by atomic mass is 35.5. The second-order valence-corrected chi connectivity index (χ2v) is 10.00. The number of pyridine rings is 1. The van der Waals surface area contributed by atoms with Crippen LogP contribution in [0.15, 0.2) is 29.2 Å². The van der Waals surface area contributed by atoms with E-state index < -0.39 is 45.8 Å². The van der Waals surface area contributed by atoms with Crippen LogP contribution in [0.2, 0.25) is 5.02 Å². The summed E-state index contributed by atoms with van der Waals surface area (Å²) in [5.74, 6) is -3.46. The van der Waals surface area contributed by atoms with Gasteiger partial charge >= 0.3 is 0 Å². The number of hydrogen-bond acceptors (Lipinski definition) is 5. The van der Waals surface area contributed by atoms with Crippen LogP contribution in [0, 0.1) is 11.7 Å². The second-order valence-electron chi connectivity index (χ2n) is 9.59. The molecule has 1 aromatic carbocycles. The van der Waals surface area contributed by atoms with E-state index in [4.69, 9.17) is 11.6 Å². The third kappa shape index (κ3) is 3.67. The number of amides is 3. The SMILES string of the molecule is CN(C)C(=O)[C@H]1C[C@@]12CN(C1CC1)C(=O)c1c(O)c(=O)c(C(=O)NCc3cccc(Cl)c3F)cn12. The molecule has 0 bridgehead atoms. The fraction of sp³-hybridized carbons (Fsp3) is 0.417. The van der Waals surface area contributed by atoms with Crippen molar-refractivity contribution in [2.24, 2.45) is 5.92 Å². The van der Waals surface area contributed by atoms with Crippen LogP contribution in [-0.4, -0.2) is 63.9 Å².